The lowest BCUT2D eigenvalue weighted by Crippen LogP contribution is -2.19. The van der Waals surface area contributed by atoms with Crippen LogP contribution in [-0.4, -0.2) is 28.3 Å². The van der Waals surface area contributed by atoms with E-state index in [0.717, 1.165) is 16.9 Å². The molecule has 0 radical (unpaired) electrons. The maximum Gasteiger partial charge on any atom is 0.335 e. The molecule has 0 spiro atoms. The van der Waals surface area contributed by atoms with Gasteiger partial charge in [0, 0.05) is 0 Å². The van der Waals surface area contributed by atoms with Crippen molar-refractivity contribution in [1.82, 2.24) is 0 Å². The lowest BCUT2D eigenvalue weighted by Gasteiger charge is -2.21. The molecule has 0 aliphatic rings. The van der Waals surface area contributed by atoms with E-state index in [1.807, 2.05) is 0 Å². The summed E-state index contributed by atoms with van der Waals surface area (Å²) in [5, 5.41) is 9.74. The molecule has 0 aliphatic carbocycles. The van der Waals surface area contributed by atoms with Gasteiger partial charge in [-0.1, -0.05) is 54.6 Å². The first-order valence-electron chi connectivity index (χ1n) is 10.5. The van der Waals surface area contributed by atoms with Gasteiger partial charge in [0.2, 0.25) is 9.84 Å². The van der Waals surface area contributed by atoms with Crippen molar-refractivity contribution in [2.75, 3.05) is 4.31 Å². The second-order valence-electron chi connectivity index (χ2n) is 7.53. The van der Waals surface area contributed by atoms with Gasteiger partial charge < -0.3 is 5.11 Å². The average molecular weight is 528 g/mol. The van der Waals surface area contributed by atoms with Gasteiger partial charge in [0.1, 0.15) is 9.21 Å². The molecule has 1 heterocycles. The van der Waals surface area contributed by atoms with Crippen LogP contribution in [0.1, 0.15) is 21.5 Å². The molecule has 35 heavy (non-hydrogen) atoms. The van der Waals surface area contributed by atoms with Gasteiger partial charge in [-0.15, -0.1) is 11.3 Å². The van der Waals surface area contributed by atoms with E-state index in [1.54, 1.807) is 66.7 Å². The van der Waals surface area contributed by atoms with Gasteiger partial charge in [-0.2, -0.15) is 0 Å². The molecular formula is C25H21NO6S3. The van der Waals surface area contributed by atoms with E-state index in [9.17, 15) is 27.1 Å². The van der Waals surface area contributed by atoms with E-state index in [1.165, 1.54) is 28.6 Å². The summed E-state index contributed by atoms with van der Waals surface area (Å²) >= 11 is -1.58. The van der Waals surface area contributed by atoms with Crippen molar-refractivity contribution in [1.29, 1.82) is 0 Å². The molecule has 0 aliphatic heterocycles. The average Bonchev–Trinajstić information content (AvgIpc) is 3.34. The third-order valence-electron chi connectivity index (χ3n) is 5.36. The molecule has 0 saturated carbocycles. The third-order valence-corrected chi connectivity index (χ3v) is 9.52. The topological polar surface area (TPSA) is 112 Å². The molecule has 0 bridgehead atoms. The fraction of sp³-hybridized carbons (Fsp3) is 0.0800. The standard InChI is InChI=1S/C25H21NO6S3/c27-25(28)21-12-6-4-8-18(21)14-15-19-9-5-7-13-22(19)26(34(29)30)23-16-17-24(33-23)35(31,32)20-10-2-1-3-11-20/h1-13,16-17H,14-15H2,(H,27,28)(H,29,30). The Bertz CT molecular complexity index is 1480. The van der Waals surface area contributed by atoms with Crippen molar-refractivity contribution in [3.05, 3.63) is 108 Å². The molecular weight excluding hydrogens is 506 g/mol. The normalized spacial score (nSPS) is 12.3. The van der Waals surface area contributed by atoms with Crippen LogP contribution in [0.15, 0.2) is 100 Å². The van der Waals surface area contributed by atoms with Crippen LogP contribution >= 0.6 is 11.3 Å². The van der Waals surface area contributed by atoms with Gasteiger partial charge in [0.05, 0.1) is 16.1 Å². The summed E-state index contributed by atoms with van der Waals surface area (Å²) in [6, 6.07) is 24.6. The highest BCUT2D eigenvalue weighted by molar-refractivity contribution is 7.93. The smallest absolute Gasteiger partial charge is 0.335 e. The number of hydrogen-bond acceptors (Lipinski definition) is 5. The molecule has 1 unspecified atom stereocenters. The number of nitrogens with zero attached hydrogens (tertiary/aromatic N) is 1. The number of carboxylic acids is 1. The molecule has 2 N–H and O–H groups in total. The van der Waals surface area contributed by atoms with Gasteiger partial charge in [-0.3, -0.25) is 4.55 Å². The predicted octanol–water partition coefficient (Wildman–Crippen LogP) is 5.34. The highest BCUT2D eigenvalue weighted by atomic mass is 32.2. The van der Waals surface area contributed by atoms with Gasteiger partial charge >= 0.3 is 5.97 Å². The molecule has 0 amide bonds. The Morgan fingerprint density at radius 3 is 2.11 bits per heavy atom. The minimum Gasteiger partial charge on any atom is -0.478 e. The summed E-state index contributed by atoms with van der Waals surface area (Å²) in [5.74, 6) is -1.02. The number of aryl methyl sites for hydroxylation is 2. The number of aromatic carboxylic acids is 1. The number of thiophene rings is 1. The first-order chi connectivity index (χ1) is 16.8. The molecule has 0 fully saturated rings. The Morgan fingerprint density at radius 2 is 1.43 bits per heavy atom. The van der Waals surface area contributed by atoms with Crippen molar-refractivity contribution in [3.8, 4) is 0 Å². The number of rotatable bonds is 9. The molecule has 1 atom stereocenters. The minimum atomic E-state index is -3.77. The predicted molar refractivity (Wildman–Crippen MR) is 136 cm³/mol. The van der Waals surface area contributed by atoms with Crippen LogP contribution in [0.2, 0.25) is 0 Å². The number of sulfone groups is 1. The van der Waals surface area contributed by atoms with E-state index in [-0.39, 0.29) is 14.7 Å². The maximum atomic E-state index is 13.0. The summed E-state index contributed by atoms with van der Waals surface area (Å²) in [6.45, 7) is 0. The number of carbonyl (C=O) groups is 1. The second kappa shape index (κ2) is 10.5. The summed E-state index contributed by atoms with van der Waals surface area (Å²) in [4.78, 5) is 11.7. The van der Waals surface area contributed by atoms with E-state index in [4.69, 9.17) is 0 Å². The Hall–Kier alpha value is -3.31. The fourth-order valence-corrected chi connectivity index (χ4v) is 7.20. The lowest BCUT2D eigenvalue weighted by atomic mass is 9.99. The number of benzene rings is 3. The first kappa shape index (κ1) is 24.8. The van der Waals surface area contributed by atoms with E-state index in [2.05, 4.69) is 0 Å². The third kappa shape index (κ3) is 5.35. The van der Waals surface area contributed by atoms with Gasteiger partial charge in [0.25, 0.3) is 11.3 Å². The van der Waals surface area contributed by atoms with Crippen molar-refractivity contribution < 1.29 is 27.1 Å². The first-order valence-corrected chi connectivity index (χ1v) is 13.9. The zero-order valence-electron chi connectivity index (χ0n) is 18.3. The molecule has 7 nitrogen and oxygen atoms in total. The highest BCUT2D eigenvalue weighted by Gasteiger charge is 2.25. The highest BCUT2D eigenvalue weighted by Crippen LogP contribution is 2.38. The fourth-order valence-electron chi connectivity index (χ4n) is 3.70. The summed E-state index contributed by atoms with van der Waals surface area (Å²) in [7, 11) is -3.77. The number of hydrogen-bond donors (Lipinski definition) is 2. The van der Waals surface area contributed by atoms with Crippen LogP contribution in [0.4, 0.5) is 10.7 Å². The van der Waals surface area contributed by atoms with Crippen molar-refractivity contribution in [3.63, 3.8) is 0 Å². The summed E-state index contributed by atoms with van der Waals surface area (Å²) in [5.41, 5.74) is 2.02. The van der Waals surface area contributed by atoms with Crippen molar-refractivity contribution in [2.45, 2.75) is 21.9 Å². The van der Waals surface area contributed by atoms with Crippen LogP contribution in [0, 0.1) is 0 Å². The maximum absolute atomic E-state index is 13.0. The van der Waals surface area contributed by atoms with Gasteiger partial charge in [-0.05, 0) is 60.4 Å². The van der Waals surface area contributed by atoms with Crippen LogP contribution in [0.3, 0.4) is 0 Å². The molecule has 4 aromatic rings. The van der Waals surface area contributed by atoms with E-state index in [0.29, 0.717) is 29.1 Å². The van der Waals surface area contributed by atoms with Crippen LogP contribution in [-0.2, 0) is 33.9 Å². The van der Waals surface area contributed by atoms with Crippen LogP contribution in [0.25, 0.3) is 0 Å². The number of anilines is 2. The Labute approximate surface area is 209 Å². The van der Waals surface area contributed by atoms with Gasteiger partial charge in [-0.25, -0.2) is 21.7 Å². The largest absolute Gasteiger partial charge is 0.478 e. The zero-order chi connectivity index (χ0) is 25.0. The Kier molecular flexibility index (Phi) is 7.46. The SMILES string of the molecule is O=C(O)c1ccccc1CCc1ccccc1N(c1ccc(S(=O)(=O)c2ccccc2)s1)S(=O)O. The van der Waals surface area contributed by atoms with Crippen LogP contribution in [0.5, 0.6) is 0 Å². The van der Waals surface area contributed by atoms with Gasteiger partial charge in [0.15, 0.2) is 0 Å². The van der Waals surface area contributed by atoms with Crippen molar-refractivity contribution >= 4 is 49.1 Å². The number of para-hydroxylation sites is 1. The minimum absolute atomic E-state index is 0.0574. The Morgan fingerprint density at radius 1 is 0.829 bits per heavy atom. The molecule has 1 aromatic heterocycles. The van der Waals surface area contributed by atoms with E-state index < -0.39 is 27.1 Å². The Balaban J connectivity index is 1.67. The monoisotopic (exact) mass is 527 g/mol. The molecule has 180 valence electrons. The molecule has 3 aromatic carbocycles. The lowest BCUT2D eigenvalue weighted by molar-refractivity contribution is 0.0695. The molecule has 0 saturated heterocycles. The summed E-state index contributed by atoms with van der Waals surface area (Å²) < 4.78 is 49.8. The zero-order valence-corrected chi connectivity index (χ0v) is 20.7. The molecule has 4 rings (SSSR count). The van der Waals surface area contributed by atoms with Crippen LogP contribution < -0.4 is 4.31 Å². The second-order valence-corrected chi connectivity index (χ2v) is 11.6. The number of carboxylic acid groups (broad SMARTS) is 1. The van der Waals surface area contributed by atoms with Crippen molar-refractivity contribution in [2.24, 2.45) is 0 Å². The summed E-state index contributed by atoms with van der Waals surface area (Å²) in [6.07, 6.45) is 0.818. The van der Waals surface area contributed by atoms with E-state index >= 15 is 0 Å². The quantitative estimate of drug-likeness (QED) is 0.284. The molecule has 10 heteroatoms.